The lowest BCUT2D eigenvalue weighted by molar-refractivity contribution is -0.120. The fourth-order valence-corrected chi connectivity index (χ4v) is 3.09. The molecule has 0 fully saturated rings. The average Bonchev–Trinajstić information content (AvgIpc) is 2.78. The van der Waals surface area contributed by atoms with Gasteiger partial charge in [0.25, 0.3) is 5.91 Å². The molecule has 3 aromatic carbocycles. The number of amides is 4. The summed E-state index contributed by atoms with van der Waals surface area (Å²) in [6, 6.07) is 22.9. The molecular formula is C25H26N4O3. The van der Waals surface area contributed by atoms with E-state index in [0.717, 1.165) is 11.1 Å². The number of anilines is 2. The normalized spacial score (nSPS) is 11.2. The van der Waals surface area contributed by atoms with Crippen LogP contribution in [0.1, 0.15) is 34.5 Å². The number of para-hydroxylation sites is 1. The Morgan fingerprint density at radius 1 is 0.812 bits per heavy atom. The molecule has 32 heavy (non-hydrogen) atoms. The van der Waals surface area contributed by atoms with Crippen molar-refractivity contribution in [3.8, 4) is 0 Å². The first-order valence-electron chi connectivity index (χ1n) is 10.3. The van der Waals surface area contributed by atoms with Crippen LogP contribution in [-0.2, 0) is 4.79 Å². The van der Waals surface area contributed by atoms with Gasteiger partial charge >= 0.3 is 6.03 Å². The van der Waals surface area contributed by atoms with E-state index in [0.29, 0.717) is 16.9 Å². The second-order valence-electron chi connectivity index (χ2n) is 7.41. The van der Waals surface area contributed by atoms with Crippen molar-refractivity contribution in [2.75, 3.05) is 17.2 Å². The SMILES string of the molecule is Cc1cccc(C(=O)NCC(=O)NC(C)c2ccc(NC(=O)Nc3ccccc3)cc2)c1. The highest BCUT2D eigenvalue weighted by atomic mass is 16.2. The van der Waals surface area contributed by atoms with Crippen LogP contribution in [0.3, 0.4) is 0 Å². The van der Waals surface area contributed by atoms with Crippen LogP contribution in [-0.4, -0.2) is 24.4 Å². The Balaban J connectivity index is 1.46. The molecule has 0 saturated heterocycles. The van der Waals surface area contributed by atoms with Crippen LogP contribution in [0.2, 0.25) is 0 Å². The molecule has 0 radical (unpaired) electrons. The van der Waals surface area contributed by atoms with Crippen molar-refractivity contribution in [3.63, 3.8) is 0 Å². The molecule has 7 nitrogen and oxygen atoms in total. The van der Waals surface area contributed by atoms with Crippen LogP contribution in [0.5, 0.6) is 0 Å². The number of urea groups is 1. The van der Waals surface area contributed by atoms with Gasteiger partial charge in [0.2, 0.25) is 5.91 Å². The van der Waals surface area contributed by atoms with E-state index in [1.165, 1.54) is 0 Å². The Hall–Kier alpha value is -4.13. The van der Waals surface area contributed by atoms with Crippen molar-refractivity contribution in [2.24, 2.45) is 0 Å². The number of aryl methyl sites for hydroxylation is 1. The van der Waals surface area contributed by atoms with Crippen LogP contribution < -0.4 is 21.3 Å². The van der Waals surface area contributed by atoms with E-state index in [-0.39, 0.29) is 30.4 Å². The molecule has 0 aliphatic carbocycles. The van der Waals surface area contributed by atoms with Gasteiger partial charge in [-0.2, -0.15) is 0 Å². The number of carbonyl (C=O) groups is 3. The lowest BCUT2D eigenvalue weighted by atomic mass is 10.1. The summed E-state index contributed by atoms with van der Waals surface area (Å²) in [6.45, 7) is 3.64. The highest BCUT2D eigenvalue weighted by Gasteiger charge is 2.12. The summed E-state index contributed by atoms with van der Waals surface area (Å²) in [5, 5.41) is 11.0. The zero-order valence-electron chi connectivity index (χ0n) is 18.0. The van der Waals surface area contributed by atoms with E-state index in [4.69, 9.17) is 0 Å². The summed E-state index contributed by atoms with van der Waals surface area (Å²) >= 11 is 0. The Kier molecular flexibility index (Phi) is 7.59. The topological polar surface area (TPSA) is 99.3 Å². The minimum atomic E-state index is -0.338. The molecule has 0 heterocycles. The standard InChI is InChI=1S/C25H26N4O3/c1-17-7-6-8-20(15-17)24(31)26-16-23(30)27-18(2)19-11-13-22(14-12-19)29-25(32)28-21-9-4-3-5-10-21/h3-15,18H,16H2,1-2H3,(H,26,31)(H,27,30)(H2,28,29,32). The number of hydrogen-bond donors (Lipinski definition) is 4. The van der Waals surface area contributed by atoms with Gasteiger partial charge in [-0.25, -0.2) is 4.79 Å². The fraction of sp³-hybridized carbons (Fsp3) is 0.160. The van der Waals surface area contributed by atoms with E-state index in [1.807, 2.05) is 50.2 Å². The van der Waals surface area contributed by atoms with Crippen molar-refractivity contribution >= 4 is 29.2 Å². The molecule has 0 saturated carbocycles. The van der Waals surface area contributed by atoms with Crippen molar-refractivity contribution < 1.29 is 14.4 Å². The minimum absolute atomic E-state index is 0.115. The summed E-state index contributed by atoms with van der Waals surface area (Å²) < 4.78 is 0. The quantitative estimate of drug-likeness (QED) is 0.451. The van der Waals surface area contributed by atoms with E-state index in [1.54, 1.807) is 42.5 Å². The van der Waals surface area contributed by atoms with Gasteiger partial charge in [-0.15, -0.1) is 0 Å². The summed E-state index contributed by atoms with van der Waals surface area (Å²) in [5.41, 5.74) is 3.70. The number of carbonyl (C=O) groups excluding carboxylic acids is 3. The maximum Gasteiger partial charge on any atom is 0.323 e. The van der Waals surface area contributed by atoms with Crippen molar-refractivity contribution in [2.45, 2.75) is 19.9 Å². The Bertz CT molecular complexity index is 1080. The lowest BCUT2D eigenvalue weighted by Gasteiger charge is -2.15. The van der Waals surface area contributed by atoms with Crippen molar-refractivity contribution in [1.29, 1.82) is 0 Å². The third-order valence-electron chi connectivity index (χ3n) is 4.77. The molecule has 0 aromatic heterocycles. The highest BCUT2D eigenvalue weighted by Crippen LogP contribution is 2.16. The first-order chi connectivity index (χ1) is 15.4. The number of benzene rings is 3. The predicted molar refractivity (Wildman–Crippen MR) is 126 cm³/mol. The molecule has 3 rings (SSSR count). The van der Waals surface area contributed by atoms with Gasteiger partial charge in [0.15, 0.2) is 0 Å². The van der Waals surface area contributed by atoms with E-state index in [2.05, 4.69) is 21.3 Å². The van der Waals surface area contributed by atoms with E-state index >= 15 is 0 Å². The Labute approximate surface area is 187 Å². The summed E-state index contributed by atoms with van der Waals surface area (Å²) in [7, 11) is 0. The third-order valence-corrected chi connectivity index (χ3v) is 4.77. The van der Waals surface area contributed by atoms with Crippen LogP contribution in [0.25, 0.3) is 0 Å². The molecule has 164 valence electrons. The smallest absolute Gasteiger partial charge is 0.323 e. The zero-order chi connectivity index (χ0) is 22.9. The molecule has 0 aliphatic heterocycles. The van der Waals surface area contributed by atoms with Gasteiger partial charge in [0.1, 0.15) is 0 Å². The number of rotatable bonds is 7. The summed E-state index contributed by atoms with van der Waals surface area (Å²) in [4.78, 5) is 36.5. The monoisotopic (exact) mass is 430 g/mol. The van der Waals surface area contributed by atoms with Gasteiger partial charge in [-0.05, 0) is 55.8 Å². The summed E-state index contributed by atoms with van der Waals surface area (Å²) in [6.07, 6.45) is 0. The Morgan fingerprint density at radius 2 is 1.47 bits per heavy atom. The van der Waals surface area contributed by atoms with Gasteiger partial charge in [-0.1, -0.05) is 48.0 Å². The second-order valence-corrected chi connectivity index (χ2v) is 7.41. The molecular weight excluding hydrogens is 404 g/mol. The molecule has 0 spiro atoms. The summed E-state index contributed by atoms with van der Waals surface area (Å²) in [5.74, 6) is -0.580. The van der Waals surface area contributed by atoms with E-state index < -0.39 is 0 Å². The molecule has 3 aromatic rings. The van der Waals surface area contributed by atoms with Crippen LogP contribution in [0.15, 0.2) is 78.9 Å². The predicted octanol–water partition coefficient (Wildman–Crippen LogP) is 4.25. The van der Waals surface area contributed by atoms with Gasteiger partial charge in [0, 0.05) is 16.9 Å². The average molecular weight is 431 g/mol. The Morgan fingerprint density at radius 3 is 2.12 bits per heavy atom. The third kappa shape index (κ3) is 6.70. The van der Waals surface area contributed by atoms with E-state index in [9.17, 15) is 14.4 Å². The minimum Gasteiger partial charge on any atom is -0.348 e. The van der Waals surface area contributed by atoms with Gasteiger partial charge < -0.3 is 21.3 Å². The molecule has 7 heteroatoms. The zero-order valence-corrected chi connectivity index (χ0v) is 18.0. The molecule has 1 unspecified atom stereocenters. The van der Waals surface area contributed by atoms with Crippen LogP contribution in [0.4, 0.5) is 16.2 Å². The second kappa shape index (κ2) is 10.8. The van der Waals surface area contributed by atoms with Crippen LogP contribution >= 0.6 is 0 Å². The molecule has 1 atom stereocenters. The van der Waals surface area contributed by atoms with Crippen molar-refractivity contribution in [3.05, 3.63) is 95.6 Å². The maximum atomic E-state index is 12.2. The van der Waals surface area contributed by atoms with Gasteiger partial charge in [0.05, 0.1) is 12.6 Å². The van der Waals surface area contributed by atoms with Crippen molar-refractivity contribution in [1.82, 2.24) is 10.6 Å². The molecule has 4 N–H and O–H groups in total. The molecule has 0 aliphatic rings. The highest BCUT2D eigenvalue weighted by molar-refractivity contribution is 5.99. The fourth-order valence-electron chi connectivity index (χ4n) is 3.09. The lowest BCUT2D eigenvalue weighted by Crippen LogP contribution is -2.38. The number of nitrogens with one attached hydrogen (secondary N) is 4. The first kappa shape index (κ1) is 22.6. The van der Waals surface area contributed by atoms with Crippen LogP contribution in [0, 0.1) is 6.92 Å². The molecule has 0 bridgehead atoms. The molecule has 4 amide bonds. The maximum absolute atomic E-state index is 12.2. The number of hydrogen-bond acceptors (Lipinski definition) is 3. The first-order valence-corrected chi connectivity index (χ1v) is 10.3. The van der Waals surface area contributed by atoms with Gasteiger partial charge in [-0.3, -0.25) is 9.59 Å². The largest absolute Gasteiger partial charge is 0.348 e.